The Kier molecular flexibility index (Phi) is 7.39. The first-order valence-corrected chi connectivity index (χ1v) is 12.9. The van der Waals surface area contributed by atoms with E-state index in [0.717, 1.165) is 17.4 Å². The Morgan fingerprint density at radius 1 is 1.09 bits per heavy atom. The SMILES string of the molecule is CCOCCn1c(=NC(=O)c2ccc(NS(=O)(=O)c3ccccc3)cc2)sc2cc(F)cc(F)c21. The minimum absolute atomic E-state index is 0.111. The van der Waals surface area contributed by atoms with Crippen LogP contribution in [0.4, 0.5) is 14.5 Å². The molecular formula is C24H21F2N3O4S2. The van der Waals surface area contributed by atoms with Crippen molar-refractivity contribution in [1.82, 2.24) is 4.57 Å². The number of ether oxygens (including phenoxy) is 1. The predicted molar refractivity (Wildman–Crippen MR) is 130 cm³/mol. The highest BCUT2D eigenvalue weighted by molar-refractivity contribution is 7.92. The Morgan fingerprint density at radius 3 is 2.49 bits per heavy atom. The van der Waals surface area contributed by atoms with Crippen LogP contribution < -0.4 is 9.52 Å². The highest BCUT2D eigenvalue weighted by Gasteiger charge is 2.16. The lowest BCUT2D eigenvalue weighted by molar-refractivity contribution is 0.0996. The molecule has 0 radical (unpaired) electrons. The molecule has 1 amide bonds. The van der Waals surface area contributed by atoms with Crippen molar-refractivity contribution >= 4 is 43.2 Å². The number of amides is 1. The number of nitrogens with one attached hydrogen (secondary N) is 1. The number of benzene rings is 3. The van der Waals surface area contributed by atoms with Gasteiger partial charge in [0.15, 0.2) is 10.6 Å². The number of carbonyl (C=O) groups is 1. The molecule has 0 bridgehead atoms. The molecule has 0 unspecified atom stereocenters. The Balaban J connectivity index is 1.63. The Bertz CT molecular complexity index is 1530. The third-order valence-corrected chi connectivity index (χ3v) is 7.42. The number of thiazole rings is 1. The van der Waals surface area contributed by atoms with E-state index in [-0.39, 0.29) is 39.6 Å². The minimum atomic E-state index is -3.77. The molecule has 0 saturated heterocycles. The normalized spacial score (nSPS) is 12.3. The topological polar surface area (TPSA) is 89.8 Å². The zero-order valence-corrected chi connectivity index (χ0v) is 20.2. The van der Waals surface area contributed by atoms with Crippen LogP contribution in [0.2, 0.25) is 0 Å². The molecule has 1 heterocycles. The monoisotopic (exact) mass is 517 g/mol. The van der Waals surface area contributed by atoms with Gasteiger partial charge >= 0.3 is 0 Å². The number of aromatic nitrogens is 1. The summed E-state index contributed by atoms with van der Waals surface area (Å²) in [6, 6.07) is 15.6. The highest BCUT2D eigenvalue weighted by Crippen LogP contribution is 2.23. The van der Waals surface area contributed by atoms with Gasteiger partial charge in [0, 0.05) is 30.5 Å². The van der Waals surface area contributed by atoms with E-state index >= 15 is 0 Å². The van der Waals surface area contributed by atoms with Crippen molar-refractivity contribution in [3.8, 4) is 0 Å². The fourth-order valence-electron chi connectivity index (χ4n) is 3.37. The van der Waals surface area contributed by atoms with Gasteiger partial charge < -0.3 is 9.30 Å². The summed E-state index contributed by atoms with van der Waals surface area (Å²) in [6.07, 6.45) is 0. The predicted octanol–water partition coefficient (Wildman–Crippen LogP) is 4.56. The second-order valence-corrected chi connectivity index (χ2v) is 10.1. The van der Waals surface area contributed by atoms with Crippen molar-refractivity contribution in [2.24, 2.45) is 4.99 Å². The van der Waals surface area contributed by atoms with Gasteiger partial charge in [0.25, 0.3) is 15.9 Å². The number of hydrogen-bond acceptors (Lipinski definition) is 5. The first kappa shape index (κ1) is 24.7. The van der Waals surface area contributed by atoms with Gasteiger partial charge in [0.05, 0.1) is 21.7 Å². The molecule has 0 saturated carbocycles. The highest BCUT2D eigenvalue weighted by atomic mass is 32.2. The molecule has 0 aliphatic rings. The number of carbonyl (C=O) groups excluding carboxylic acids is 1. The molecule has 0 aliphatic carbocycles. The Labute approximate surface area is 204 Å². The lowest BCUT2D eigenvalue weighted by atomic mass is 10.2. The number of fused-ring (bicyclic) bond motifs is 1. The van der Waals surface area contributed by atoms with Crippen molar-refractivity contribution in [1.29, 1.82) is 0 Å². The van der Waals surface area contributed by atoms with Gasteiger partial charge in [0.2, 0.25) is 0 Å². The van der Waals surface area contributed by atoms with Crippen LogP contribution >= 0.6 is 11.3 Å². The van der Waals surface area contributed by atoms with Gasteiger partial charge in [-0.2, -0.15) is 4.99 Å². The summed E-state index contributed by atoms with van der Waals surface area (Å²) in [5.74, 6) is -2.09. The van der Waals surface area contributed by atoms with Crippen molar-refractivity contribution in [2.75, 3.05) is 17.9 Å². The third kappa shape index (κ3) is 5.64. The second-order valence-electron chi connectivity index (χ2n) is 7.38. The number of hydrogen-bond donors (Lipinski definition) is 1. The molecule has 11 heteroatoms. The Morgan fingerprint density at radius 2 is 1.80 bits per heavy atom. The maximum absolute atomic E-state index is 14.5. The zero-order valence-electron chi connectivity index (χ0n) is 18.6. The zero-order chi connectivity index (χ0) is 25.0. The van der Waals surface area contributed by atoms with E-state index in [9.17, 15) is 22.0 Å². The molecular weight excluding hydrogens is 496 g/mol. The summed E-state index contributed by atoms with van der Waals surface area (Å²) in [4.78, 5) is 17.3. The molecule has 182 valence electrons. The summed E-state index contributed by atoms with van der Waals surface area (Å²) in [6.45, 7) is 2.77. The standard InChI is InChI=1S/C24H21F2N3O4S2/c1-2-33-13-12-29-22-20(26)14-17(25)15-21(22)34-24(29)27-23(30)16-8-10-18(11-9-16)28-35(31,32)19-6-4-3-5-7-19/h3-11,14-15,28H,2,12-13H2,1H3. The maximum Gasteiger partial charge on any atom is 0.279 e. The molecule has 35 heavy (non-hydrogen) atoms. The number of halogens is 2. The molecule has 0 aliphatic heterocycles. The van der Waals surface area contributed by atoms with Gasteiger partial charge in [-0.05, 0) is 49.4 Å². The first-order valence-electron chi connectivity index (χ1n) is 10.6. The van der Waals surface area contributed by atoms with E-state index in [1.807, 2.05) is 6.92 Å². The van der Waals surface area contributed by atoms with Gasteiger partial charge in [0.1, 0.15) is 5.82 Å². The van der Waals surface area contributed by atoms with E-state index in [2.05, 4.69) is 9.71 Å². The van der Waals surface area contributed by atoms with Gasteiger partial charge in [-0.3, -0.25) is 9.52 Å². The fraction of sp³-hybridized carbons (Fsp3) is 0.167. The maximum atomic E-state index is 14.5. The van der Waals surface area contributed by atoms with Crippen molar-refractivity contribution in [3.05, 3.63) is 88.7 Å². The van der Waals surface area contributed by atoms with Crippen molar-refractivity contribution < 1.29 is 26.7 Å². The lowest BCUT2D eigenvalue weighted by Crippen LogP contribution is -2.20. The number of rotatable bonds is 8. The smallest absolute Gasteiger partial charge is 0.279 e. The molecule has 4 rings (SSSR count). The van der Waals surface area contributed by atoms with E-state index in [1.54, 1.807) is 18.2 Å². The summed E-state index contributed by atoms with van der Waals surface area (Å²) >= 11 is 0.990. The fourth-order valence-corrected chi connectivity index (χ4v) is 5.54. The minimum Gasteiger partial charge on any atom is -0.380 e. The average molecular weight is 518 g/mol. The van der Waals surface area contributed by atoms with Crippen molar-refractivity contribution in [2.45, 2.75) is 18.4 Å². The van der Waals surface area contributed by atoms with Crippen LogP contribution in [0.5, 0.6) is 0 Å². The molecule has 0 spiro atoms. The molecule has 0 fully saturated rings. The molecule has 7 nitrogen and oxygen atoms in total. The van der Waals surface area contributed by atoms with Gasteiger partial charge in [-0.15, -0.1) is 0 Å². The summed E-state index contributed by atoms with van der Waals surface area (Å²) < 4.78 is 62.8. The second kappa shape index (κ2) is 10.5. The number of nitrogens with zero attached hydrogens (tertiary/aromatic N) is 2. The Hall–Kier alpha value is -3.41. The van der Waals surface area contributed by atoms with Crippen LogP contribution in [0.25, 0.3) is 10.2 Å². The van der Waals surface area contributed by atoms with Crippen LogP contribution in [0.15, 0.2) is 76.6 Å². The summed E-state index contributed by atoms with van der Waals surface area (Å²) in [5.41, 5.74) is 0.623. The van der Waals surface area contributed by atoms with Crippen LogP contribution in [0.3, 0.4) is 0 Å². The quantitative estimate of drug-likeness (QED) is 0.347. The van der Waals surface area contributed by atoms with Crippen LogP contribution in [-0.4, -0.2) is 32.1 Å². The number of sulfonamides is 1. The molecule has 1 aromatic heterocycles. The van der Waals surface area contributed by atoms with E-state index in [0.29, 0.717) is 11.3 Å². The molecule has 4 aromatic rings. The number of anilines is 1. The van der Waals surface area contributed by atoms with Crippen molar-refractivity contribution in [3.63, 3.8) is 0 Å². The van der Waals surface area contributed by atoms with E-state index in [1.165, 1.54) is 47.0 Å². The molecule has 3 aromatic carbocycles. The van der Waals surface area contributed by atoms with Gasteiger partial charge in [-0.1, -0.05) is 29.5 Å². The van der Waals surface area contributed by atoms with Crippen LogP contribution in [0, 0.1) is 11.6 Å². The lowest BCUT2D eigenvalue weighted by Gasteiger charge is -2.08. The molecule has 0 atom stereocenters. The molecule has 1 N–H and O–H groups in total. The van der Waals surface area contributed by atoms with E-state index < -0.39 is 27.6 Å². The first-order chi connectivity index (χ1) is 16.8. The largest absolute Gasteiger partial charge is 0.380 e. The summed E-state index contributed by atoms with van der Waals surface area (Å²) in [5, 5.41) is 0. The van der Waals surface area contributed by atoms with Crippen LogP contribution in [-0.2, 0) is 21.3 Å². The van der Waals surface area contributed by atoms with Crippen LogP contribution in [0.1, 0.15) is 17.3 Å². The summed E-state index contributed by atoms with van der Waals surface area (Å²) in [7, 11) is -3.77. The van der Waals surface area contributed by atoms with E-state index in [4.69, 9.17) is 4.74 Å². The van der Waals surface area contributed by atoms with Gasteiger partial charge in [-0.25, -0.2) is 17.2 Å². The third-order valence-electron chi connectivity index (χ3n) is 4.99. The average Bonchev–Trinajstić information content (AvgIpc) is 3.17.